The normalized spacial score (nSPS) is 51.8. The molecular weight excluding hydrogens is 196 g/mol. The number of hydrogen-bond donors (Lipinski definition) is 0. The van der Waals surface area contributed by atoms with Gasteiger partial charge in [0.25, 0.3) is 0 Å². The molecular formula is C11H18O4. The van der Waals surface area contributed by atoms with Crippen LogP contribution in [0.25, 0.3) is 0 Å². The van der Waals surface area contributed by atoms with Gasteiger partial charge in [-0.05, 0) is 13.8 Å². The number of ether oxygens (including phenoxy) is 4. The summed E-state index contributed by atoms with van der Waals surface area (Å²) in [7, 11) is 0. The first kappa shape index (κ1) is 10.0. The van der Waals surface area contributed by atoms with Gasteiger partial charge in [0, 0.05) is 12.3 Å². The maximum atomic E-state index is 5.86. The van der Waals surface area contributed by atoms with E-state index in [-0.39, 0.29) is 18.5 Å². The van der Waals surface area contributed by atoms with Crippen LogP contribution in [0.3, 0.4) is 0 Å². The van der Waals surface area contributed by atoms with Gasteiger partial charge >= 0.3 is 0 Å². The smallest absolute Gasteiger partial charge is 0.187 e. The number of epoxide rings is 1. The topological polar surface area (TPSA) is 40.2 Å². The van der Waals surface area contributed by atoms with Crippen LogP contribution in [-0.2, 0) is 18.9 Å². The zero-order valence-corrected chi connectivity index (χ0v) is 9.43. The standard InChI is InChI=1S/C11H18O4/c1-6-8(4-7-5-12-7)13-10-9(6)14-11(2,3)15-10/h6-10H,4-5H2,1-3H3/t6-,7?,8?,9+,10+/m0/s1. The van der Waals surface area contributed by atoms with Crippen molar-refractivity contribution < 1.29 is 18.9 Å². The van der Waals surface area contributed by atoms with Gasteiger partial charge in [0.15, 0.2) is 12.1 Å². The Balaban J connectivity index is 1.65. The van der Waals surface area contributed by atoms with Crippen LogP contribution in [-0.4, -0.2) is 37.0 Å². The van der Waals surface area contributed by atoms with Crippen LogP contribution in [0, 0.1) is 5.92 Å². The molecule has 3 aliphatic heterocycles. The first-order valence-electron chi connectivity index (χ1n) is 5.68. The molecule has 3 fully saturated rings. The van der Waals surface area contributed by atoms with Gasteiger partial charge in [-0.15, -0.1) is 0 Å². The Morgan fingerprint density at radius 3 is 2.60 bits per heavy atom. The predicted octanol–water partition coefficient (Wildman–Crippen LogP) is 1.29. The molecule has 0 amide bonds. The molecule has 2 unspecified atom stereocenters. The fourth-order valence-corrected chi connectivity index (χ4v) is 2.46. The van der Waals surface area contributed by atoms with Gasteiger partial charge in [0.05, 0.1) is 18.8 Å². The molecule has 0 spiro atoms. The molecule has 0 aromatic heterocycles. The van der Waals surface area contributed by atoms with Crippen LogP contribution >= 0.6 is 0 Å². The van der Waals surface area contributed by atoms with Crippen molar-refractivity contribution in [2.24, 2.45) is 5.92 Å². The molecule has 3 aliphatic rings. The lowest BCUT2D eigenvalue weighted by Crippen LogP contribution is -2.29. The molecule has 0 bridgehead atoms. The number of rotatable bonds is 2. The summed E-state index contributed by atoms with van der Waals surface area (Å²) in [6.45, 7) is 6.92. The van der Waals surface area contributed by atoms with E-state index in [0.717, 1.165) is 13.0 Å². The molecule has 3 saturated heterocycles. The van der Waals surface area contributed by atoms with E-state index in [2.05, 4.69) is 6.92 Å². The Morgan fingerprint density at radius 2 is 2.00 bits per heavy atom. The number of hydrogen-bond acceptors (Lipinski definition) is 4. The molecule has 0 saturated carbocycles. The lowest BCUT2D eigenvalue weighted by molar-refractivity contribution is -0.210. The Morgan fingerprint density at radius 1 is 1.27 bits per heavy atom. The average molecular weight is 214 g/mol. The van der Waals surface area contributed by atoms with E-state index in [1.54, 1.807) is 0 Å². The number of fused-ring (bicyclic) bond motifs is 1. The maximum Gasteiger partial charge on any atom is 0.187 e. The highest BCUT2D eigenvalue weighted by Crippen LogP contribution is 2.42. The summed E-state index contributed by atoms with van der Waals surface area (Å²) >= 11 is 0. The SMILES string of the molecule is C[C@H]1C(CC2CO2)O[C@@H]2OC(C)(C)O[C@@H]21. The molecule has 0 aromatic rings. The lowest BCUT2D eigenvalue weighted by atomic mass is 9.97. The highest BCUT2D eigenvalue weighted by Gasteiger charge is 2.53. The summed E-state index contributed by atoms with van der Waals surface area (Å²) in [5.41, 5.74) is 0. The summed E-state index contributed by atoms with van der Waals surface area (Å²) in [5, 5.41) is 0. The van der Waals surface area contributed by atoms with Crippen LogP contribution < -0.4 is 0 Å². The van der Waals surface area contributed by atoms with Gasteiger partial charge < -0.3 is 18.9 Å². The molecule has 0 radical (unpaired) electrons. The second-order valence-corrected chi connectivity index (χ2v) is 5.19. The third-order valence-corrected chi connectivity index (χ3v) is 3.40. The van der Waals surface area contributed by atoms with Crippen molar-refractivity contribution in [3.05, 3.63) is 0 Å². The monoisotopic (exact) mass is 214 g/mol. The summed E-state index contributed by atoms with van der Waals surface area (Å²) in [6.07, 6.45) is 1.51. The van der Waals surface area contributed by atoms with Crippen LogP contribution in [0.5, 0.6) is 0 Å². The molecule has 5 atom stereocenters. The molecule has 3 rings (SSSR count). The quantitative estimate of drug-likeness (QED) is 0.649. The van der Waals surface area contributed by atoms with Crippen molar-refractivity contribution >= 4 is 0 Å². The average Bonchev–Trinajstić information content (AvgIpc) is 2.83. The van der Waals surface area contributed by atoms with Crippen molar-refractivity contribution in [3.63, 3.8) is 0 Å². The van der Waals surface area contributed by atoms with Crippen LogP contribution in [0.4, 0.5) is 0 Å². The first-order chi connectivity index (χ1) is 7.05. The van der Waals surface area contributed by atoms with Crippen LogP contribution in [0.2, 0.25) is 0 Å². The van der Waals surface area contributed by atoms with E-state index >= 15 is 0 Å². The van der Waals surface area contributed by atoms with Gasteiger partial charge in [-0.1, -0.05) is 6.92 Å². The minimum Gasteiger partial charge on any atom is -0.373 e. The Hall–Kier alpha value is -0.160. The molecule has 0 aliphatic carbocycles. The van der Waals surface area contributed by atoms with Crippen LogP contribution in [0.15, 0.2) is 0 Å². The second-order valence-electron chi connectivity index (χ2n) is 5.19. The highest BCUT2D eigenvalue weighted by molar-refractivity contribution is 4.92. The summed E-state index contributed by atoms with van der Waals surface area (Å²) in [5.74, 6) is -0.106. The molecule has 0 aromatic carbocycles. The van der Waals surface area contributed by atoms with Crippen molar-refractivity contribution in [3.8, 4) is 0 Å². The molecule has 0 N–H and O–H groups in total. The van der Waals surface area contributed by atoms with Gasteiger partial charge in [-0.25, -0.2) is 0 Å². The Bertz CT molecular complexity index is 261. The predicted molar refractivity (Wildman–Crippen MR) is 52.2 cm³/mol. The third-order valence-electron chi connectivity index (χ3n) is 3.40. The molecule has 4 heteroatoms. The Kier molecular flexibility index (Phi) is 2.12. The largest absolute Gasteiger partial charge is 0.373 e. The van der Waals surface area contributed by atoms with Crippen molar-refractivity contribution in [2.75, 3.05) is 6.61 Å². The van der Waals surface area contributed by atoms with Gasteiger partial charge in [-0.2, -0.15) is 0 Å². The summed E-state index contributed by atoms with van der Waals surface area (Å²) in [6, 6.07) is 0. The third kappa shape index (κ3) is 1.80. The van der Waals surface area contributed by atoms with Crippen LogP contribution in [0.1, 0.15) is 27.2 Å². The fraction of sp³-hybridized carbons (Fsp3) is 1.00. The summed E-state index contributed by atoms with van der Waals surface area (Å²) < 4.78 is 22.6. The fourth-order valence-electron chi connectivity index (χ4n) is 2.46. The molecule has 15 heavy (non-hydrogen) atoms. The zero-order valence-electron chi connectivity index (χ0n) is 9.43. The van der Waals surface area contributed by atoms with Crippen molar-refractivity contribution in [1.82, 2.24) is 0 Å². The minimum atomic E-state index is -0.495. The van der Waals surface area contributed by atoms with E-state index in [4.69, 9.17) is 18.9 Å². The lowest BCUT2D eigenvalue weighted by Gasteiger charge is -2.23. The van der Waals surface area contributed by atoms with E-state index < -0.39 is 5.79 Å². The molecule has 86 valence electrons. The second kappa shape index (κ2) is 3.17. The van der Waals surface area contributed by atoms with E-state index in [9.17, 15) is 0 Å². The van der Waals surface area contributed by atoms with E-state index in [0.29, 0.717) is 12.0 Å². The van der Waals surface area contributed by atoms with Gasteiger partial charge in [0.2, 0.25) is 0 Å². The molecule has 4 nitrogen and oxygen atoms in total. The van der Waals surface area contributed by atoms with Crippen molar-refractivity contribution in [2.45, 2.75) is 57.6 Å². The highest BCUT2D eigenvalue weighted by atomic mass is 16.8. The van der Waals surface area contributed by atoms with E-state index in [1.165, 1.54) is 0 Å². The van der Waals surface area contributed by atoms with E-state index in [1.807, 2.05) is 13.8 Å². The van der Waals surface area contributed by atoms with Crippen molar-refractivity contribution in [1.29, 1.82) is 0 Å². The van der Waals surface area contributed by atoms with Gasteiger partial charge in [-0.3, -0.25) is 0 Å². The minimum absolute atomic E-state index is 0.0868. The molecule has 3 heterocycles. The first-order valence-corrected chi connectivity index (χ1v) is 5.68. The Labute approximate surface area is 89.8 Å². The van der Waals surface area contributed by atoms with Gasteiger partial charge in [0.1, 0.15) is 6.10 Å². The zero-order chi connectivity index (χ0) is 10.6. The summed E-state index contributed by atoms with van der Waals surface area (Å²) in [4.78, 5) is 0. The maximum absolute atomic E-state index is 5.86.